The van der Waals surface area contributed by atoms with Gasteiger partial charge in [-0.25, -0.2) is 0 Å². The molecule has 0 aliphatic carbocycles. The molecule has 0 radical (unpaired) electrons. The first-order valence-corrected chi connectivity index (χ1v) is 7.04. The van der Waals surface area contributed by atoms with Gasteiger partial charge in [0.05, 0.1) is 5.71 Å². The third kappa shape index (κ3) is 6.32. The van der Waals surface area contributed by atoms with Crippen LogP contribution >= 0.6 is 0 Å². The van der Waals surface area contributed by atoms with Crippen molar-refractivity contribution in [1.82, 2.24) is 0 Å². The molecule has 4 nitrogen and oxygen atoms in total. The predicted molar refractivity (Wildman–Crippen MR) is 75.2 cm³/mol. The quantitative estimate of drug-likeness (QED) is 0.475. The topological polar surface area (TPSA) is 55.7 Å². The average Bonchev–Trinajstić information content (AvgIpc) is 2.85. The molecule has 1 rings (SSSR count). The number of carbonyl (C=O) groups excluding carboxylic acids is 2. The third-order valence-electron chi connectivity index (χ3n) is 3.11. The van der Waals surface area contributed by atoms with Gasteiger partial charge in [0.25, 0.3) is 0 Å². The van der Waals surface area contributed by atoms with Gasteiger partial charge in [-0.3, -0.25) is 14.6 Å². The molecule has 0 fully saturated rings. The van der Waals surface area contributed by atoms with E-state index >= 15 is 0 Å². The molecule has 0 saturated carbocycles. The van der Waals surface area contributed by atoms with Crippen LogP contribution < -0.4 is 0 Å². The van der Waals surface area contributed by atoms with Gasteiger partial charge in [0.1, 0.15) is 6.61 Å². The summed E-state index contributed by atoms with van der Waals surface area (Å²) in [6, 6.07) is 0. The monoisotopic (exact) mass is 265 g/mol. The molecule has 0 bridgehead atoms. The Morgan fingerprint density at radius 1 is 1.26 bits per heavy atom. The Labute approximate surface area is 114 Å². The maximum absolute atomic E-state index is 11.5. The van der Waals surface area contributed by atoms with Gasteiger partial charge in [-0.15, -0.1) is 0 Å². The standard InChI is InChI=1S/C15H23NO3/c1-3-4-5-6-7-8-15(18)19-11-13-9-14(12(2)17)16-10-13/h10H,3-9,11H2,1-2H3. The van der Waals surface area contributed by atoms with E-state index in [4.69, 9.17) is 4.74 Å². The SMILES string of the molecule is CCCCCCCC(=O)OCC1=CN=C(C(C)=O)C1. The second kappa shape index (κ2) is 8.62. The summed E-state index contributed by atoms with van der Waals surface area (Å²) < 4.78 is 5.17. The Hall–Kier alpha value is -1.45. The highest BCUT2D eigenvalue weighted by atomic mass is 16.5. The van der Waals surface area contributed by atoms with Crippen molar-refractivity contribution < 1.29 is 14.3 Å². The number of nitrogens with zero attached hydrogens (tertiary/aromatic N) is 1. The summed E-state index contributed by atoms with van der Waals surface area (Å²) in [6.07, 6.45) is 8.23. The molecule has 0 saturated heterocycles. The van der Waals surface area contributed by atoms with E-state index in [-0.39, 0.29) is 18.4 Å². The number of hydrogen-bond donors (Lipinski definition) is 0. The molecule has 0 atom stereocenters. The zero-order chi connectivity index (χ0) is 14.1. The lowest BCUT2D eigenvalue weighted by molar-refractivity contribution is -0.142. The van der Waals surface area contributed by atoms with Crippen LogP contribution in [-0.4, -0.2) is 24.1 Å². The minimum Gasteiger partial charge on any atom is -0.461 e. The molecule has 4 heteroatoms. The Kier molecular flexibility index (Phi) is 7.08. The molecule has 0 unspecified atom stereocenters. The minimum absolute atomic E-state index is 0.0199. The normalized spacial score (nSPS) is 14.0. The number of rotatable bonds is 9. The Morgan fingerprint density at radius 3 is 2.63 bits per heavy atom. The first-order valence-electron chi connectivity index (χ1n) is 7.04. The summed E-state index contributed by atoms with van der Waals surface area (Å²) in [5, 5.41) is 0. The van der Waals surface area contributed by atoms with E-state index in [1.54, 1.807) is 6.20 Å². The Bertz CT molecular complexity index is 383. The smallest absolute Gasteiger partial charge is 0.306 e. The van der Waals surface area contributed by atoms with Crippen LogP contribution in [0, 0.1) is 0 Å². The first kappa shape index (κ1) is 15.6. The Morgan fingerprint density at radius 2 is 2.00 bits per heavy atom. The summed E-state index contributed by atoms with van der Waals surface area (Å²) >= 11 is 0. The number of unbranched alkanes of at least 4 members (excludes halogenated alkanes) is 4. The number of ketones is 1. The van der Waals surface area contributed by atoms with E-state index in [2.05, 4.69) is 11.9 Å². The summed E-state index contributed by atoms with van der Waals surface area (Å²) in [5.41, 5.74) is 1.44. The molecule has 0 N–H and O–H groups in total. The average molecular weight is 265 g/mol. The minimum atomic E-state index is -0.159. The molecule has 0 spiro atoms. The van der Waals surface area contributed by atoms with Crippen molar-refractivity contribution in [2.24, 2.45) is 4.99 Å². The van der Waals surface area contributed by atoms with Crippen molar-refractivity contribution in [1.29, 1.82) is 0 Å². The lowest BCUT2D eigenvalue weighted by Crippen LogP contribution is -2.11. The Balaban J connectivity index is 2.07. The second-order valence-electron chi connectivity index (χ2n) is 4.92. The number of hydrogen-bond acceptors (Lipinski definition) is 4. The van der Waals surface area contributed by atoms with Gasteiger partial charge in [0.15, 0.2) is 5.78 Å². The lowest BCUT2D eigenvalue weighted by Gasteiger charge is -2.05. The van der Waals surface area contributed by atoms with E-state index in [1.165, 1.54) is 26.2 Å². The highest BCUT2D eigenvalue weighted by Crippen LogP contribution is 2.13. The van der Waals surface area contributed by atoms with Crippen LogP contribution in [0.2, 0.25) is 0 Å². The summed E-state index contributed by atoms with van der Waals surface area (Å²) in [7, 11) is 0. The third-order valence-corrected chi connectivity index (χ3v) is 3.11. The molecule has 0 aromatic rings. The van der Waals surface area contributed by atoms with Gasteiger partial charge < -0.3 is 4.74 Å². The van der Waals surface area contributed by atoms with E-state index in [1.807, 2.05) is 0 Å². The van der Waals surface area contributed by atoms with Crippen LogP contribution in [0.1, 0.15) is 58.8 Å². The van der Waals surface area contributed by atoms with Crippen molar-refractivity contribution in [2.75, 3.05) is 6.61 Å². The summed E-state index contributed by atoms with van der Waals surface area (Å²) in [6.45, 7) is 3.92. The molecule has 0 aromatic carbocycles. The van der Waals surface area contributed by atoms with Gasteiger partial charge in [0.2, 0.25) is 0 Å². The highest BCUT2D eigenvalue weighted by molar-refractivity contribution is 6.40. The largest absolute Gasteiger partial charge is 0.461 e. The highest BCUT2D eigenvalue weighted by Gasteiger charge is 2.15. The van der Waals surface area contributed by atoms with Crippen LogP contribution in [0.3, 0.4) is 0 Å². The van der Waals surface area contributed by atoms with Crippen molar-refractivity contribution in [3.63, 3.8) is 0 Å². The van der Waals surface area contributed by atoms with E-state index in [0.29, 0.717) is 18.6 Å². The summed E-state index contributed by atoms with van der Waals surface area (Å²) in [4.78, 5) is 26.6. The fourth-order valence-corrected chi connectivity index (χ4v) is 1.90. The van der Waals surface area contributed by atoms with Crippen LogP contribution in [0.4, 0.5) is 0 Å². The van der Waals surface area contributed by atoms with Crippen LogP contribution in [-0.2, 0) is 14.3 Å². The molecule has 19 heavy (non-hydrogen) atoms. The van der Waals surface area contributed by atoms with Crippen molar-refractivity contribution in [3.8, 4) is 0 Å². The zero-order valence-corrected chi connectivity index (χ0v) is 11.9. The maximum Gasteiger partial charge on any atom is 0.306 e. The lowest BCUT2D eigenvalue weighted by atomic mass is 10.1. The van der Waals surface area contributed by atoms with Crippen molar-refractivity contribution in [3.05, 3.63) is 11.8 Å². The molecule has 1 heterocycles. The molecule has 1 aliphatic heterocycles. The first-order chi connectivity index (χ1) is 9.13. The van der Waals surface area contributed by atoms with Crippen molar-refractivity contribution >= 4 is 17.5 Å². The molecular formula is C15H23NO3. The van der Waals surface area contributed by atoms with E-state index in [0.717, 1.165) is 18.4 Å². The molecular weight excluding hydrogens is 242 g/mol. The van der Waals surface area contributed by atoms with Gasteiger partial charge in [-0.1, -0.05) is 32.6 Å². The van der Waals surface area contributed by atoms with Gasteiger partial charge in [-0.2, -0.15) is 0 Å². The van der Waals surface area contributed by atoms with Gasteiger partial charge in [0, 0.05) is 26.0 Å². The molecule has 0 amide bonds. The number of aliphatic imine (C=N–C) groups is 1. The van der Waals surface area contributed by atoms with Crippen LogP contribution in [0.15, 0.2) is 16.8 Å². The number of carbonyl (C=O) groups is 2. The zero-order valence-electron chi connectivity index (χ0n) is 11.9. The molecule has 106 valence electrons. The van der Waals surface area contributed by atoms with Crippen molar-refractivity contribution in [2.45, 2.75) is 58.8 Å². The number of esters is 1. The van der Waals surface area contributed by atoms with Crippen LogP contribution in [0.25, 0.3) is 0 Å². The fourth-order valence-electron chi connectivity index (χ4n) is 1.90. The van der Waals surface area contributed by atoms with Gasteiger partial charge >= 0.3 is 5.97 Å². The van der Waals surface area contributed by atoms with Crippen LogP contribution in [0.5, 0.6) is 0 Å². The fraction of sp³-hybridized carbons (Fsp3) is 0.667. The van der Waals surface area contributed by atoms with E-state index < -0.39 is 0 Å². The number of ether oxygens (including phenoxy) is 1. The van der Waals surface area contributed by atoms with Gasteiger partial charge in [-0.05, 0) is 12.0 Å². The molecule has 1 aliphatic rings. The molecule has 0 aromatic heterocycles. The number of Topliss-reactive ketones (excluding diaryl/α,β-unsaturated/α-hetero) is 1. The van der Waals surface area contributed by atoms with E-state index in [9.17, 15) is 9.59 Å². The maximum atomic E-state index is 11.5. The summed E-state index contributed by atoms with van der Waals surface area (Å²) in [5.74, 6) is -0.179. The predicted octanol–water partition coefficient (Wildman–Crippen LogP) is 3.21. The second-order valence-corrected chi connectivity index (χ2v) is 4.92.